The third-order valence-corrected chi connectivity index (χ3v) is 3.46. The molecule has 0 saturated carbocycles. The van der Waals surface area contributed by atoms with E-state index in [1.165, 1.54) is 0 Å². The summed E-state index contributed by atoms with van der Waals surface area (Å²) in [5.41, 5.74) is 0.756. The van der Waals surface area contributed by atoms with Crippen LogP contribution in [0.5, 0.6) is 0 Å². The molecule has 0 unspecified atom stereocenters. The van der Waals surface area contributed by atoms with Crippen LogP contribution in [0.2, 0.25) is 5.02 Å². The number of aliphatic hydroxyl groups excluding tert-OH is 1. The van der Waals surface area contributed by atoms with Crippen molar-refractivity contribution in [1.29, 1.82) is 0 Å². The Morgan fingerprint density at radius 2 is 2.06 bits per heavy atom. The highest BCUT2D eigenvalue weighted by molar-refractivity contribution is 6.33. The maximum atomic E-state index is 9.01. The zero-order chi connectivity index (χ0) is 12.3. The van der Waals surface area contributed by atoms with Gasteiger partial charge in [-0.05, 0) is 18.2 Å². The van der Waals surface area contributed by atoms with Crippen molar-refractivity contribution in [2.24, 2.45) is 0 Å². The topological polar surface area (TPSA) is 39.6 Å². The van der Waals surface area contributed by atoms with Crippen LogP contribution >= 0.6 is 11.6 Å². The van der Waals surface area contributed by atoms with Crippen molar-refractivity contribution < 1.29 is 5.11 Å². The molecule has 1 saturated heterocycles. The third-order valence-electron chi connectivity index (χ3n) is 3.18. The molecule has 4 nitrogen and oxygen atoms in total. The SMILES string of the molecule is CCN1CCN(c2ncc(CO)cc2Cl)CC1. The molecule has 2 heterocycles. The second kappa shape index (κ2) is 5.67. The molecule has 1 aromatic heterocycles. The summed E-state index contributed by atoms with van der Waals surface area (Å²) in [6.45, 7) is 7.27. The molecule has 0 aliphatic carbocycles. The van der Waals surface area contributed by atoms with Crippen LogP contribution in [0.4, 0.5) is 5.82 Å². The van der Waals surface area contributed by atoms with Gasteiger partial charge in [-0.1, -0.05) is 18.5 Å². The van der Waals surface area contributed by atoms with E-state index < -0.39 is 0 Å². The van der Waals surface area contributed by atoms with Gasteiger partial charge >= 0.3 is 0 Å². The van der Waals surface area contributed by atoms with E-state index in [9.17, 15) is 0 Å². The van der Waals surface area contributed by atoms with E-state index in [1.807, 2.05) is 0 Å². The molecule has 0 atom stereocenters. The molecule has 1 aromatic rings. The second-order valence-electron chi connectivity index (χ2n) is 4.23. The van der Waals surface area contributed by atoms with Gasteiger partial charge in [-0.3, -0.25) is 0 Å². The minimum absolute atomic E-state index is 0.0172. The van der Waals surface area contributed by atoms with Crippen molar-refractivity contribution in [3.8, 4) is 0 Å². The Balaban J connectivity index is 2.08. The lowest BCUT2D eigenvalue weighted by atomic mass is 10.2. The number of hydrogen-bond acceptors (Lipinski definition) is 4. The van der Waals surface area contributed by atoms with Gasteiger partial charge in [0.15, 0.2) is 0 Å². The minimum Gasteiger partial charge on any atom is -0.392 e. The molecule has 17 heavy (non-hydrogen) atoms. The van der Waals surface area contributed by atoms with Crippen LogP contribution in [0.1, 0.15) is 12.5 Å². The Labute approximate surface area is 107 Å². The van der Waals surface area contributed by atoms with Gasteiger partial charge in [0.1, 0.15) is 5.82 Å². The van der Waals surface area contributed by atoms with Crippen LogP contribution in [-0.2, 0) is 6.61 Å². The van der Waals surface area contributed by atoms with Crippen molar-refractivity contribution >= 4 is 17.4 Å². The highest BCUT2D eigenvalue weighted by atomic mass is 35.5. The fraction of sp³-hybridized carbons (Fsp3) is 0.583. The maximum absolute atomic E-state index is 9.01. The lowest BCUT2D eigenvalue weighted by Gasteiger charge is -2.35. The largest absolute Gasteiger partial charge is 0.392 e. The Morgan fingerprint density at radius 1 is 1.35 bits per heavy atom. The van der Waals surface area contributed by atoms with Gasteiger partial charge in [0, 0.05) is 32.4 Å². The molecule has 0 spiro atoms. The number of rotatable bonds is 3. The first-order chi connectivity index (χ1) is 8.24. The van der Waals surface area contributed by atoms with Gasteiger partial charge in [0.2, 0.25) is 0 Å². The molecule has 0 radical (unpaired) electrons. The van der Waals surface area contributed by atoms with Gasteiger partial charge in [0.25, 0.3) is 0 Å². The number of nitrogens with zero attached hydrogens (tertiary/aromatic N) is 3. The minimum atomic E-state index is -0.0172. The summed E-state index contributed by atoms with van der Waals surface area (Å²) in [6, 6.07) is 1.79. The number of anilines is 1. The van der Waals surface area contributed by atoms with Crippen LogP contribution in [0, 0.1) is 0 Å². The van der Waals surface area contributed by atoms with Crippen molar-refractivity contribution in [1.82, 2.24) is 9.88 Å². The highest BCUT2D eigenvalue weighted by Gasteiger charge is 2.18. The Bertz CT molecular complexity index is 378. The Morgan fingerprint density at radius 3 is 2.59 bits per heavy atom. The Kier molecular flexibility index (Phi) is 4.20. The van der Waals surface area contributed by atoms with Crippen LogP contribution in [0.15, 0.2) is 12.3 Å². The molecule has 0 bridgehead atoms. The molecule has 1 aliphatic heterocycles. The molecule has 1 aliphatic rings. The van der Waals surface area contributed by atoms with Crippen LogP contribution in [-0.4, -0.2) is 47.7 Å². The standard InChI is InChI=1S/C12H18ClN3O/c1-2-15-3-5-16(6-4-15)12-11(13)7-10(9-17)8-14-12/h7-8,17H,2-6,9H2,1H3. The number of aliphatic hydroxyl groups is 1. The monoisotopic (exact) mass is 255 g/mol. The molecule has 1 fully saturated rings. The Hall–Kier alpha value is -0.840. The molecular formula is C12H18ClN3O. The van der Waals surface area contributed by atoms with Crippen LogP contribution in [0.25, 0.3) is 0 Å². The first-order valence-electron chi connectivity index (χ1n) is 5.97. The number of halogens is 1. The predicted octanol–water partition coefficient (Wildman–Crippen LogP) is 1.37. The molecule has 0 aromatic carbocycles. The summed E-state index contributed by atoms with van der Waals surface area (Å²) >= 11 is 6.18. The normalized spacial score (nSPS) is 17.5. The highest BCUT2D eigenvalue weighted by Crippen LogP contribution is 2.25. The number of pyridine rings is 1. The summed E-state index contributed by atoms with van der Waals surface area (Å²) in [6.07, 6.45) is 1.69. The maximum Gasteiger partial charge on any atom is 0.147 e. The van der Waals surface area contributed by atoms with E-state index in [-0.39, 0.29) is 6.61 Å². The summed E-state index contributed by atoms with van der Waals surface area (Å²) in [4.78, 5) is 8.95. The summed E-state index contributed by atoms with van der Waals surface area (Å²) in [7, 11) is 0. The smallest absolute Gasteiger partial charge is 0.147 e. The quantitative estimate of drug-likeness (QED) is 0.886. The van der Waals surface area contributed by atoms with E-state index in [4.69, 9.17) is 16.7 Å². The zero-order valence-corrected chi connectivity index (χ0v) is 10.8. The third kappa shape index (κ3) is 2.89. The van der Waals surface area contributed by atoms with Crippen molar-refractivity contribution in [2.45, 2.75) is 13.5 Å². The molecule has 94 valence electrons. The van der Waals surface area contributed by atoms with Crippen LogP contribution < -0.4 is 4.90 Å². The van der Waals surface area contributed by atoms with Crippen molar-refractivity contribution in [3.05, 3.63) is 22.8 Å². The summed E-state index contributed by atoms with van der Waals surface area (Å²) in [5, 5.41) is 9.64. The van der Waals surface area contributed by atoms with E-state index in [1.54, 1.807) is 12.3 Å². The lowest BCUT2D eigenvalue weighted by Crippen LogP contribution is -2.46. The molecular weight excluding hydrogens is 238 g/mol. The first kappa shape index (κ1) is 12.6. The average Bonchev–Trinajstić information content (AvgIpc) is 2.39. The second-order valence-corrected chi connectivity index (χ2v) is 4.64. The fourth-order valence-electron chi connectivity index (χ4n) is 2.07. The zero-order valence-electron chi connectivity index (χ0n) is 10.1. The summed E-state index contributed by atoms with van der Waals surface area (Å²) in [5.74, 6) is 0.833. The number of hydrogen-bond donors (Lipinski definition) is 1. The lowest BCUT2D eigenvalue weighted by molar-refractivity contribution is 0.270. The van der Waals surface area contributed by atoms with E-state index in [2.05, 4.69) is 21.7 Å². The molecule has 0 amide bonds. The molecule has 1 N–H and O–H groups in total. The number of piperazine rings is 1. The molecule has 5 heteroatoms. The van der Waals surface area contributed by atoms with Gasteiger partial charge in [-0.25, -0.2) is 4.98 Å². The van der Waals surface area contributed by atoms with Gasteiger partial charge in [0.05, 0.1) is 11.6 Å². The van der Waals surface area contributed by atoms with Gasteiger partial charge in [-0.2, -0.15) is 0 Å². The number of aromatic nitrogens is 1. The van der Waals surface area contributed by atoms with Crippen molar-refractivity contribution in [3.63, 3.8) is 0 Å². The van der Waals surface area contributed by atoms with E-state index in [0.717, 1.165) is 44.1 Å². The average molecular weight is 256 g/mol. The predicted molar refractivity (Wildman–Crippen MR) is 69.5 cm³/mol. The van der Waals surface area contributed by atoms with Crippen molar-refractivity contribution in [2.75, 3.05) is 37.6 Å². The fourth-order valence-corrected chi connectivity index (χ4v) is 2.37. The summed E-state index contributed by atoms with van der Waals surface area (Å²) < 4.78 is 0. The van der Waals surface area contributed by atoms with E-state index >= 15 is 0 Å². The van der Waals surface area contributed by atoms with Gasteiger partial charge in [-0.15, -0.1) is 0 Å². The van der Waals surface area contributed by atoms with Crippen LogP contribution in [0.3, 0.4) is 0 Å². The first-order valence-corrected chi connectivity index (χ1v) is 6.35. The van der Waals surface area contributed by atoms with E-state index in [0.29, 0.717) is 5.02 Å². The molecule has 2 rings (SSSR count). The number of likely N-dealkylation sites (N-methyl/N-ethyl adjacent to an activating group) is 1. The van der Waals surface area contributed by atoms with Gasteiger partial charge < -0.3 is 14.9 Å².